The van der Waals surface area contributed by atoms with E-state index in [4.69, 9.17) is 4.74 Å². The Labute approximate surface area is 107 Å². The molecule has 0 spiro atoms. The highest BCUT2D eigenvalue weighted by Crippen LogP contribution is 2.41. The SMILES string of the molecule is CCNCc1cnc(C(OCC)C2CC2)[nH]c1=O. The fourth-order valence-electron chi connectivity index (χ4n) is 1.98. The first kappa shape index (κ1) is 13.2. The maximum absolute atomic E-state index is 11.9. The molecule has 1 fully saturated rings. The van der Waals surface area contributed by atoms with E-state index in [2.05, 4.69) is 15.3 Å². The molecule has 1 aromatic rings. The quantitative estimate of drug-likeness (QED) is 0.768. The summed E-state index contributed by atoms with van der Waals surface area (Å²) in [7, 11) is 0. The molecule has 5 nitrogen and oxygen atoms in total. The van der Waals surface area contributed by atoms with E-state index in [-0.39, 0.29) is 11.7 Å². The van der Waals surface area contributed by atoms with Gasteiger partial charge in [0.15, 0.2) is 0 Å². The Balaban J connectivity index is 2.13. The van der Waals surface area contributed by atoms with Gasteiger partial charge in [-0.05, 0) is 32.2 Å². The molecular formula is C13H21N3O2. The van der Waals surface area contributed by atoms with E-state index in [9.17, 15) is 4.79 Å². The standard InChI is InChI=1S/C13H21N3O2/c1-3-14-7-10-8-15-12(16-13(10)17)11(18-4-2)9-5-6-9/h8-9,11,14H,3-7H2,1-2H3,(H,15,16,17). The van der Waals surface area contributed by atoms with Crippen LogP contribution < -0.4 is 10.9 Å². The van der Waals surface area contributed by atoms with Gasteiger partial charge >= 0.3 is 0 Å². The summed E-state index contributed by atoms with van der Waals surface area (Å²) in [6.45, 7) is 6.01. The number of ether oxygens (including phenoxy) is 1. The van der Waals surface area contributed by atoms with Gasteiger partial charge in [-0.3, -0.25) is 4.79 Å². The summed E-state index contributed by atoms with van der Waals surface area (Å²) in [5.41, 5.74) is 0.609. The normalized spacial score (nSPS) is 16.8. The van der Waals surface area contributed by atoms with Gasteiger partial charge in [-0.15, -0.1) is 0 Å². The smallest absolute Gasteiger partial charge is 0.255 e. The molecule has 0 radical (unpaired) electrons. The Kier molecular flexibility index (Phi) is 4.49. The highest BCUT2D eigenvalue weighted by Gasteiger charge is 2.34. The Bertz CT molecular complexity index is 440. The molecule has 1 atom stereocenters. The maximum Gasteiger partial charge on any atom is 0.255 e. The predicted molar refractivity (Wildman–Crippen MR) is 69.3 cm³/mol. The van der Waals surface area contributed by atoms with E-state index in [0.29, 0.717) is 30.5 Å². The minimum absolute atomic E-state index is 0.0455. The van der Waals surface area contributed by atoms with E-state index in [1.807, 2.05) is 13.8 Å². The van der Waals surface area contributed by atoms with Crippen molar-refractivity contribution in [1.29, 1.82) is 0 Å². The lowest BCUT2D eigenvalue weighted by atomic mass is 10.2. The molecule has 100 valence electrons. The lowest BCUT2D eigenvalue weighted by molar-refractivity contribution is 0.0398. The van der Waals surface area contributed by atoms with Crippen molar-refractivity contribution >= 4 is 0 Å². The molecule has 1 heterocycles. The predicted octanol–water partition coefficient (Wildman–Crippen LogP) is 1.37. The molecule has 0 aromatic carbocycles. The molecule has 18 heavy (non-hydrogen) atoms. The second kappa shape index (κ2) is 6.11. The van der Waals surface area contributed by atoms with Crippen LogP contribution in [-0.4, -0.2) is 23.1 Å². The largest absolute Gasteiger partial charge is 0.370 e. The van der Waals surface area contributed by atoms with E-state index in [1.165, 1.54) is 0 Å². The first-order valence-corrected chi connectivity index (χ1v) is 6.66. The van der Waals surface area contributed by atoms with Crippen LogP contribution in [0.3, 0.4) is 0 Å². The van der Waals surface area contributed by atoms with Crippen molar-refractivity contribution in [2.45, 2.75) is 39.3 Å². The summed E-state index contributed by atoms with van der Waals surface area (Å²) in [6, 6.07) is 0. The van der Waals surface area contributed by atoms with Crippen molar-refractivity contribution in [2.24, 2.45) is 5.92 Å². The number of hydrogen-bond acceptors (Lipinski definition) is 4. The molecule has 2 rings (SSSR count). The third-order valence-electron chi connectivity index (χ3n) is 3.12. The Hall–Kier alpha value is -1.20. The van der Waals surface area contributed by atoms with Gasteiger partial charge in [0.2, 0.25) is 0 Å². The molecule has 1 aliphatic carbocycles. The highest BCUT2D eigenvalue weighted by molar-refractivity contribution is 5.08. The molecule has 2 N–H and O–H groups in total. The van der Waals surface area contributed by atoms with Crippen LogP contribution in [0.15, 0.2) is 11.0 Å². The lowest BCUT2D eigenvalue weighted by Gasteiger charge is -2.15. The van der Waals surface area contributed by atoms with Gasteiger partial charge in [0.05, 0.1) is 0 Å². The highest BCUT2D eigenvalue weighted by atomic mass is 16.5. The first-order valence-electron chi connectivity index (χ1n) is 6.66. The van der Waals surface area contributed by atoms with E-state index >= 15 is 0 Å². The molecule has 1 aromatic heterocycles. The Morgan fingerprint density at radius 2 is 2.33 bits per heavy atom. The van der Waals surface area contributed by atoms with Crippen LogP contribution in [0.25, 0.3) is 0 Å². The topological polar surface area (TPSA) is 67.0 Å². The van der Waals surface area contributed by atoms with Crippen molar-refractivity contribution in [3.63, 3.8) is 0 Å². The maximum atomic E-state index is 11.9. The second-order valence-electron chi connectivity index (χ2n) is 4.62. The van der Waals surface area contributed by atoms with E-state index in [1.54, 1.807) is 6.20 Å². The van der Waals surface area contributed by atoms with Crippen LogP contribution in [-0.2, 0) is 11.3 Å². The molecule has 1 unspecified atom stereocenters. The van der Waals surface area contributed by atoms with Crippen molar-refractivity contribution < 1.29 is 4.74 Å². The Morgan fingerprint density at radius 3 is 2.89 bits per heavy atom. The second-order valence-corrected chi connectivity index (χ2v) is 4.62. The molecular weight excluding hydrogens is 230 g/mol. The molecule has 5 heteroatoms. The fraction of sp³-hybridized carbons (Fsp3) is 0.692. The summed E-state index contributed by atoms with van der Waals surface area (Å²) < 4.78 is 5.68. The van der Waals surface area contributed by atoms with Crippen molar-refractivity contribution in [2.75, 3.05) is 13.2 Å². The number of aromatic amines is 1. The average Bonchev–Trinajstić information content (AvgIpc) is 3.19. The van der Waals surface area contributed by atoms with Crippen LogP contribution in [0.1, 0.15) is 44.2 Å². The van der Waals surface area contributed by atoms with Gasteiger partial charge in [-0.2, -0.15) is 0 Å². The summed E-state index contributed by atoms with van der Waals surface area (Å²) in [5, 5.41) is 3.12. The Morgan fingerprint density at radius 1 is 1.56 bits per heavy atom. The molecule has 0 saturated heterocycles. The number of nitrogens with zero attached hydrogens (tertiary/aromatic N) is 1. The number of rotatable bonds is 7. The summed E-state index contributed by atoms with van der Waals surface area (Å²) in [5.74, 6) is 1.19. The van der Waals surface area contributed by atoms with Gasteiger partial charge in [-0.1, -0.05) is 6.92 Å². The summed E-state index contributed by atoms with van der Waals surface area (Å²) in [4.78, 5) is 19.1. The van der Waals surface area contributed by atoms with Gasteiger partial charge in [-0.25, -0.2) is 4.98 Å². The van der Waals surface area contributed by atoms with E-state index in [0.717, 1.165) is 19.4 Å². The lowest BCUT2D eigenvalue weighted by Crippen LogP contribution is -2.24. The molecule has 0 aliphatic heterocycles. The zero-order valence-electron chi connectivity index (χ0n) is 11.0. The summed E-state index contributed by atoms with van der Waals surface area (Å²) >= 11 is 0. The number of hydrogen-bond donors (Lipinski definition) is 2. The van der Waals surface area contributed by atoms with Gasteiger partial charge in [0.1, 0.15) is 11.9 Å². The van der Waals surface area contributed by atoms with Gasteiger partial charge in [0.25, 0.3) is 5.56 Å². The molecule has 1 aliphatic rings. The van der Waals surface area contributed by atoms with Crippen molar-refractivity contribution in [1.82, 2.24) is 15.3 Å². The minimum atomic E-state index is -0.0636. The number of aromatic nitrogens is 2. The first-order chi connectivity index (χ1) is 8.76. The zero-order valence-corrected chi connectivity index (χ0v) is 11.0. The van der Waals surface area contributed by atoms with Crippen LogP contribution in [0.4, 0.5) is 0 Å². The molecule has 1 saturated carbocycles. The number of H-pyrrole nitrogens is 1. The van der Waals surface area contributed by atoms with Gasteiger partial charge < -0.3 is 15.0 Å². The number of nitrogens with one attached hydrogen (secondary N) is 2. The van der Waals surface area contributed by atoms with Crippen LogP contribution in [0.5, 0.6) is 0 Å². The minimum Gasteiger partial charge on any atom is -0.370 e. The molecule has 0 amide bonds. The summed E-state index contributed by atoms with van der Waals surface area (Å²) in [6.07, 6.45) is 3.93. The fourth-order valence-corrected chi connectivity index (χ4v) is 1.98. The average molecular weight is 251 g/mol. The third-order valence-corrected chi connectivity index (χ3v) is 3.12. The van der Waals surface area contributed by atoms with Crippen LogP contribution in [0, 0.1) is 5.92 Å². The monoisotopic (exact) mass is 251 g/mol. The zero-order chi connectivity index (χ0) is 13.0. The van der Waals surface area contributed by atoms with Gasteiger partial charge in [0, 0.05) is 24.9 Å². The van der Waals surface area contributed by atoms with Crippen molar-refractivity contribution in [3.8, 4) is 0 Å². The third kappa shape index (κ3) is 3.17. The van der Waals surface area contributed by atoms with Crippen molar-refractivity contribution in [3.05, 3.63) is 27.9 Å². The van der Waals surface area contributed by atoms with Crippen LogP contribution in [0.2, 0.25) is 0 Å². The molecule has 0 bridgehead atoms. The van der Waals surface area contributed by atoms with E-state index < -0.39 is 0 Å². The van der Waals surface area contributed by atoms with Crippen LogP contribution >= 0.6 is 0 Å².